The van der Waals surface area contributed by atoms with Gasteiger partial charge in [0.15, 0.2) is 11.5 Å². The highest BCUT2D eigenvalue weighted by molar-refractivity contribution is 6.13. The van der Waals surface area contributed by atoms with Crippen LogP contribution in [0.5, 0.6) is 17.2 Å². The Morgan fingerprint density at radius 2 is 1.64 bits per heavy atom. The van der Waals surface area contributed by atoms with E-state index >= 15 is 0 Å². The zero-order valence-corrected chi connectivity index (χ0v) is 25.5. The number of hydrogen-bond acceptors (Lipinski definition) is 13. The van der Waals surface area contributed by atoms with Gasteiger partial charge in [-0.05, 0) is 19.9 Å². The minimum atomic E-state index is -2.48. The molecule has 0 aliphatic carbocycles. The number of hydrogen-bond donors (Lipinski definition) is 3. The van der Waals surface area contributed by atoms with Crippen molar-refractivity contribution >= 4 is 29.6 Å². The fourth-order valence-electron chi connectivity index (χ4n) is 5.15. The number of rotatable bonds is 17. The molecule has 1 aromatic rings. The van der Waals surface area contributed by atoms with Crippen molar-refractivity contribution in [2.24, 2.45) is 16.6 Å². The summed E-state index contributed by atoms with van der Waals surface area (Å²) in [6, 6.07) is 2.73. The third-order valence-electron chi connectivity index (χ3n) is 6.69. The van der Waals surface area contributed by atoms with E-state index in [1.165, 1.54) is 47.3 Å². The van der Waals surface area contributed by atoms with Crippen molar-refractivity contribution in [2.45, 2.75) is 19.3 Å². The van der Waals surface area contributed by atoms with Gasteiger partial charge in [0.05, 0.1) is 83.7 Å². The van der Waals surface area contributed by atoms with Crippen LogP contribution in [0.1, 0.15) is 19.4 Å². The van der Waals surface area contributed by atoms with Crippen molar-refractivity contribution in [3.05, 3.63) is 40.6 Å². The van der Waals surface area contributed by atoms with Gasteiger partial charge in [-0.1, -0.05) is 6.07 Å². The van der Waals surface area contributed by atoms with Gasteiger partial charge < -0.3 is 49.1 Å². The van der Waals surface area contributed by atoms with Gasteiger partial charge in [-0.25, -0.2) is 14.4 Å². The molecule has 0 fully saturated rings. The van der Waals surface area contributed by atoms with E-state index in [0.29, 0.717) is 12.6 Å². The van der Waals surface area contributed by atoms with Crippen LogP contribution in [0.4, 0.5) is 0 Å². The van der Waals surface area contributed by atoms with Gasteiger partial charge in [-0.2, -0.15) is 0 Å². The van der Waals surface area contributed by atoms with Gasteiger partial charge in [0.1, 0.15) is 5.92 Å². The van der Waals surface area contributed by atoms with Gasteiger partial charge >= 0.3 is 23.9 Å². The third kappa shape index (κ3) is 7.18. The lowest BCUT2D eigenvalue weighted by Gasteiger charge is -2.44. The number of benzene rings is 1. The summed E-state index contributed by atoms with van der Waals surface area (Å²) < 4.78 is 38.1. The summed E-state index contributed by atoms with van der Waals surface area (Å²) in [6.45, 7) is 3.11. The second-order valence-electron chi connectivity index (χ2n) is 9.10. The second kappa shape index (κ2) is 16.4. The van der Waals surface area contributed by atoms with Gasteiger partial charge in [0.25, 0.3) is 0 Å². The van der Waals surface area contributed by atoms with E-state index in [1.54, 1.807) is 0 Å². The lowest BCUT2D eigenvalue weighted by molar-refractivity contribution is -0.146. The summed E-state index contributed by atoms with van der Waals surface area (Å²) in [5.41, 5.74) is 1.28. The van der Waals surface area contributed by atoms with Gasteiger partial charge in [0.2, 0.25) is 5.75 Å². The summed E-state index contributed by atoms with van der Waals surface area (Å²) in [4.78, 5) is 57.4. The second-order valence-corrected chi connectivity index (χ2v) is 9.10. The summed E-state index contributed by atoms with van der Waals surface area (Å²) >= 11 is 0. The summed E-state index contributed by atoms with van der Waals surface area (Å²) in [5.74, 6) is -7.33. The van der Waals surface area contributed by atoms with Crippen LogP contribution >= 0.6 is 0 Å². The molecule has 2 rings (SSSR count). The van der Waals surface area contributed by atoms with E-state index in [2.05, 4.69) is 4.99 Å². The third-order valence-corrected chi connectivity index (χ3v) is 6.69. The number of nitrogens with zero attached hydrogens (tertiary/aromatic N) is 1. The minimum Gasteiger partial charge on any atom is -0.493 e. The highest BCUT2D eigenvalue weighted by atomic mass is 16.5. The summed E-state index contributed by atoms with van der Waals surface area (Å²) in [5, 5.41) is 20.5. The molecule has 2 atom stereocenters. The van der Waals surface area contributed by atoms with Crippen LogP contribution in [0.3, 0.4) is 0 Å². The summed E-state index contributed by atoms with van der Waals surface area (Å²) in [6.07, 6.45) is 0.394. The zero-order chi connectivity index (χ0) is 33.0. The van der Waals surface area contributed by atoms with Gasteiger partial charge in [-0.3, -0.25) is 9.79 Å². The number of carboxylic acid groups (broad SMARTS) is 2. The van der Waals surface area contributed by atoms with E-state index < -0.39 is 46.4 Å². The number of carboxylic acids is 2. The molecule has 1 aromatic carbocycles. The van der Waals surface area contributed by atoms with E-state index in [0.717, 1.165) is 7.11 Å². The largest absolute Gasteiger partial charge is 0.493 e. The number of nitrogens with two attached hydrogens (primary N) is 1. The van der Waals surface area contributed by atoms with Crippen LogP contribution in [0.25, 0.3) is 0 Å². The van der Waals surface area contributed by atoms with Crippen LogP contribution in [-0.4, -0.2) is 108 Å². The first-order valence-corrected chi connectivity index (χ1v) is 13.4. The quantitative estimate of drug-likeness (QED) is 0.126. The Hall–Kier alpha value is -4.47. The molecule has 242 valence electrons. The molecule has 1 aliphatic heterocycles. The molecule has 0 spiro atoms. The van der Waals surface area contributed by atoms with Crippen molar-refractivity contribution < 1.29 is 62.5 Å². The normalized spacial score (nSPS) is 18.3. The molecule has 2 unspecified atom stereocenters. The van der Waals surface area contributed by atoms with Crippen LogP contribution < -0.4 is 19.9 Å². The molecule has 0 saturated heterocycles. The molecule has 15 nitrogen and oxygen atoms in total. The number of aliphatic imine (C=N–C) groups is 1. The Bertz CT molecular complexity index is 1330. The average molecular weight is 623 g/mol. The predicted octanol–water partition coefficient (Wildman–Crippen LogP) is 1.12. The molecule has 0 saturated carbocycles. The predicted molar refractivity (Wildman–Crippen MR) is 154 cm³/mol. The number of esters is 2. The Kier molecular flexibility index (Phi) is 13.3. The SMILES string of the molecule is CCOC(=O)C1=C(COCCOCCN)N=C(C)C(C(=O)OC)C1(C(=CC(=O)O)C(=O)O)c1ccc(OC)c(OC)c1OC. The first-order valence-electron chi connectivity index (χ1n) is 13.4. The first kappa shape index (κ1) is 35.7. The molecule has 44 heavy (non-hydrogen) atoms. The smallest absolute Gasteiger partial charge is 0.337 e. The standard InChI is InChI=1S/C29H38N2O13/c1-7-44-28(37)23-19(15-43-13-12-42-11-10-30)31-16(2)22(27(36)41-6)29(23,18(26(34)35)14-21(32)33)17-8-9-20(38-3)25(40-5)24(17)39-4/h8-9,14,22H,7,10-13,15,30H2,1-6H3,(H,32,33)(H,34,35). The molecular weight excluding hydrogens is 584 g/mol. The van der Waals surface area contributed by atoms with Crippen LogP contribution in [-0.2, 0) is 43.5 Å². The van der Waals surface area contributed by atoms with Gasteiger partial charge in [0, 0.05) is 23.9 Å². The molecule has 15 heteroatoms. The zero-order valence-electron chi connectivity index (χ0n) is 25.5. The van der Waals surface area contributed by atoms with Crippen LogP contribution in [0.15, 0.2) is 40.0 Å². The minimum absolute atomic E-state index is 0.0164. The fourth-order valence-corrected chi connectivity index (χ4v) is 5.15. The van der Waals surface area contributed by atoms with Crippen LogP contribution in [0.2, 0.25) is 0 Å². The highest BCUT2D eigenvalue weighted by Crippen LogP contribution is 2.56. The van der Waals surface area contributed by atoms with Gasteiger partial charge in [-0.15, -0.1) is 0 Å². The van der Waals surface area contributed by atoms with Crippen molar-refractivity contribution in [1.29, 1.82) is 0 Å². The molecule has 1 heterocycles. The maximum absolute atomic E-state index is 14.0. The molecule has 4 N–H and O–H groups in total. The Balaban J connectivity index is 3.25. The highest BCUT2D eigenvalue weighted by Gasteiger charge is 2.61. The topological polar surface area (TPSA) is 212 Å². The first-order chi connectivity index (χ1) is 21.0. The Morgan fingerprint density at radius 3 is 2.16 bits per heavy atom. The van der Waals surface area contributed by atoms with Crippen molar-refractivity contribution in [3.63, 3.8) is 0 Å². The van der Waals surface area contributed by atoms with Crippen molar-refractivity contribution in [1.82, 2.24) is 0 Å². The molecule has 0 radical (unpaired) electrons. The molecule has 1 aliphatic rings. The van der Waals surface area contributed by atoms with E-state index in [-0.39, 0.29) is 67.3 Å². The number of carbonyl (C=O) groups excluding carboxylic acids is 2. The molecular formula is C29H38N2O13. The van der Waals surface area contributed by atoms with Crippen molar-refractivity contribution in [3.8, 4) is 17.2 Å². The maximum atomic E-state index is 14.0. The van der Waals surface area contributed by atoms with E-state index in [4.69, 9.17) is 38.9 Å². The van der Waals surface area contributed by atoms with E-state index in [1.807, 2.05) is 0 Å². The number of ether oxygens (including phenoxy) is 7. The monoisotopic (exact) mass is 622 g/mol. The molecule has 0 bridgehead atoms. The summed E-state index contributed by atoms with van der Waals surface area (Å²) in [7, 11) is 4.94. The lowest BCUT2D eigenvalue weighted by Crippen LogP contribution is -2.53. The van der Waals surface area contributed by atoms with E-state index in [9.17, 15) is 29.4 Å². The average Bonchev–Trinajstić information content (AvgIpc) is 2.99. The van der Waals surface area contributed by atoms with Crippen LogP contribution in [0, 0.1) is 5.92 Å². The number of methoxy groups -OCH3 is 4. The number of aliphatic carboxylic acids is 2. The molecule has 0 aromatic heterocycles. The Labute approximate surface area is 254 Å². The maximum Gasteiger partial charge on any atom is 0.337 e. The number of carbonyl (C=O) groups is 4. The lowest BCUT2D eigenvalue weighted by atomic mass is 9.57. The van der Waals surface area contributed by atoms with Crippen molar-refractivity contribution in [2.75, 3.05) is 68.0 Å². The fraction of sp³-hybridized carbons (Fsp3) is 0.483. The Morgan fingerprint density at radius 1 is 0.977 bits per heavy atom. The molecule has 0 amide bonds.